The molecule has 0 radical (unpaired) electrons. The van der Waals surface area contributed by atoms with Crippen LogP contribution in [0, 0.1) is 0 Å². The number of hydrogen-bond acceptors (Lipinski definition) is 3. The van der Waals surface area contributed by atoms with E-state index in [1.807, 2.05) is 24.3 Å². The van der Waals surface area contributed by atoms with Crippen molar-refractivity contribution in [3.05, 3.63) is 24.3 Å². The molecule has 0 fully saturated rings. The number of aromatic amines is 1. The number of benzene rings is 1. The summed E-state index contributed by atoms with van der Waals surface area (Å²) in [4.78, 5) is 7.32. The van der Waals surface area contributed by atoms with Gasteiger partial charge in [-0.25, -0.2) is 0 Å². The van der Waals surface area contributed by atoms with Crippen LogP contribution in [0.4, 0.5) is 0 Å². The van der Waals surface area contributed by atoms with Crippen molar-refractivity contribution in [2.24, 2.45) is 0 Å². The summed E-state index contributed by atoms with van der Waals surface area (Å²) in [7, 11) is 1.64. The monoisotopic (exact) mass is 192 g/mol. The number of ether oxygens (including phenoxy) is 2. The van der Waals surface area contributed by atoms with Gasteiger partial charge in [0.2, 0.25) is 0 Å². The van der Waals surface area contributed by atoms with Gasteiger partial charge in [-0.1, -0.05) is 12.1 Å². The first-order valence-electron chi connectivity index (χ1n) is 4.46. The average Bonchev–Trinajstić information content (AvgIpc) is 2.60. The van der Waals surface area contributed by atoms with Gasteiger partial charge in [-0.2, -0.15) is 4.98 Å². The molecule has 2 aromatic rings. The molecule has 0 spiro atoms. The molecule has 2 rings (SSSR count). The number of imidazole rings is 1. The number of hydrogen-bond donors (Lipinski definition) is 1. The molecule has 0 amide bonds. The van der Waals surface area contributed by atoms with Crippen molar-refractivity contribution in [3.8, 4) is 6.01 Å². The molecular weight excluding hydrogens is 180 g/mol. The topological polar surface area (TPSA) is 47.1 Å². The molecule has 1 heterocycles. The Morgan fingerprint density at radius 3 is 2.93 bits per heavy atom. The Morgan fingerprint density at radius 2 is 2.14 bits per heavy atom. The molecular formula is C10H12N2O2. The van der Waals surface area contributed by atoms with Crippen LogP contribution >= 0.6 is 0 Å². The number of methoxy groups -OCH3 is 1. The lowest BCUT2D eigenvalue weighted by atomic mass is 10.3. The van der Waals surface area contributed by atoms with Gasteiger partial charge in [-0.15, -0.1) is 0 Å². The smallest absolute Gasteiger partial charge is 0.294 e. The van der Waals surface area contributed by atoms with E-state index in [2.05, 4.69) is 9.97 Å². The highest BCUT2D eigenvalue weighted by Crippen LogP contribution is 2.14. The third-order valence-electron chi connectivity index (χ3n) is 1.89. The van der Waals surface area contributed by atoms with Gasteiger partial charge in [0.1, 0.15) is 6.61 Å². The quantitative estimate of drug-likeness (QED) is 0.748. The Hall–Kier alpha value is -1.55. The van der Waals surface area contributed by atoms with Crippen molar-refractivity contribution in [3.63, 3.8) is 0 Å². The highest BCUT2D eigenvalue weighted by atomic mass is 16.5. The first-order chi connectivity index (χ1) is 6.90. The Balaban J connectivity index is 2.11. The molecule has 0 aliphatic carbocycles. The minimum absolute atomic E-state index is 0.510. The number of H-pyrrole nitrogens is 1. The maximum Gasteiger partial charge on any atom is 0.294 e. The number of para-hydroxylation sites is 2. The van der Waals surface area contributed by atoms with Crippen LogP contribution in [-0.4, -0.2) is 30.3 Å². The molecule has 0 aliphatic heterocycles. The van der Waals surface area contributed by atoms with E-state index in [-0.39, 0.29) is 0 Å². The molecule has 0 atom stereocenters. The number of rotatable bonds is 4. The molecule has 0 saturated heterocycles. The van der Waals surface area contributed by atoms with Gasteiger partial charge in [0.15, 0.2) is 0 Å². The van der Waals surface area contributed by atoms with Gasteiger partial charge in [0.25, 0.3) is 6.01 Å². The predicted octanol–water partition coefficient (Wildman–Crippen LogP) is 1.59. The third kappa shape index (κ3) is 1.85. The average molecular weight is 192 g/mol. The lowest BCUT2D eigenvalue weighted by Crippen LogP contribution is -2.04. The largest absolute Gasteiger partial charge is 0.462 e. The van der Waals surface area contributed by atoms with Crippen LogP contribution in [-0.2, 0) is 4.74 Å². The van der Waals surface area contributed by atoms with Crippen LogP contribution in [0.5, 0.6) is 6.01 Å². The summed E-state index contributed by atoms with van der Waals surface area (Å²) >= 11 is 0. The summed E-state index contributed by atoms with van der Waals surface area (Å²) in [5, 5.41) is 0. The summed E-state index contributed by atoms with van der Waals surface area (Å²) in [5.41, 5.74) is 1.90. The second-order valence-electron chi connectivity index (χ2n) is 2.90. The fourth-order valence-corrected chi connectivity index (χ4v) is 1.22. The van der Waals surface area contributed by atoms with Gasteiger partial charge < -0.3 is 14.5 Å². The van der Waals surface area contributed by atoms with Gasteiger partial charge >= 0.3 is 0 Å². The van der Waals surface area contributed by atoms with Crippen molar-refractivity contribution in [2.45, 2.75) is 0 Å². The van der Waals surface area contributed by atoms with Crippen molar-refractivity contribution in [1.29, 1.82) is 0 Å². The lowest BCUT2D eigenvalue weighted by molar-refractivity contribution is 0.141. The molecule has 1 N–H and O–H groups in total. The zero-order valence-electron chi connectivity index (χ0n) is 7.99. The van der Waals surface area contributed by atoms with Crippen LogP contribution in [0.2, 0.25) is 0 Å². The molecule has 1 aromatic heterocycles. The SMILES string of the molecule is COCCOc1nc2ccccc2[nH]1. The van der Waals surface area contributed by atoms with Crippen LogP contribution in [0.25, 0.3) is 11.0 Å². The molecule has 14 heavy (non-hydrogen) atoms. The van der Waals surface area contributed by atoms with E-state index in [1.54, 1.807) is 7.11 Å². The standard InChI is InChI=1S/C10H12N2O2/c1-13-6-7-14-10-11-8-4-2-3-5-9(8)12-10/h2-5H,6-7H2,1H3,(H,11,12). The van der Waals surface area contributed by atoms with Crippen LogP contribution in [0.15, 0.2) is 24.3 Å². The zero-order chi connectivity index (χ0) is 9.80. The number of nitrogens with one attached hydrogen (secondary N) is 1. The summed E-state index contributed by atoms with van der Waals surface area (Å²) < 4.78 is 10.2. The molecule has 1 aromatic carbocycles. The van der Waals surface area contributed by atoms with Crippen molar-refractivity contribution < 1.29 is 9.47 Å². The molecule has 0 unspecified atom stereocenters. The first-order valence-corrected chi connectivity index (χ1v) is 4.46. The minimum atomic E-state index is 0.510. The molecule has 74 valence electrons. The fraction of sp³-hybridized carbons (Fsp3) is 0.300. The van der Waals surface area contributed by atoms with E-state index in [1.165, 1.54) is 0 Å². The molecule has 0 aliphatic rings. The summed E-state index contributed by atoms with van der Waals surface area (Å²) in [6, 6.07) is 8.35. The highest BCUT2D eigenvalue weighted by Gasteiger charge is 2.01. The number of fused-ring (bicyclic) bond motifs is 1. The van der Waals surface area contributed by atoms with Crippen molar-refractivity contribution in [1.82, 2.24) is 9.97 Å². The molecule has 4 heteroatoms. The van der Waals surface area contributed by atoms with E-state index in [4.69, 9.17) is 9.47 Å². The normalized spacial score (nSPS) is 10.6. The second kappa shape index (κ2) is 4.11. The Morgan fingerprint density at radius 1 is 1.29 bits per heavy atom. The summed E-state index contributed by atoms with van der Waals surface area (Å²) in [6.45, 7) is 1.08. The minimum Gasteiger partial charge on any atom is -0.462 e. The fourth-order valence-electron chi connectivity index (χ4n) is 1.22. The van der Waals surface area contributed by atoms with Crippen LogP contribution in [0.1, 0.15) is 0 Å². The van der Waals surface area contributed by atoms with Gasteiger partial charge in [0, 0.05) is 7.11 Å². The van der Waals surface area contributed by atoms with E-state index in [9.17, 15) is 0 Å². The van der Waals surface area contributed by atoms with E-state index in [0.717, 1.165) is 11.0 Å². The zero-order valence-corrected chi connectivity index (χ0v) is 7.99. The molecule has 0 bridgehead atoms. The Labute approximate surface area is 81.9 Å². The van der Waals surface area contributed by atoms with E-state index >= 15 is 0 Å². The maximum absolute atomic E-state index is 5.34. The van der Waals surface area contributed by atoms with E-state index < -0.39 is 0 Å². The Kier molecular flexibility index (Phi) is 2.65. The highest BCUT2D eigenvalue weighted by molar-refractivity contribution is 5.75. The molecule has 4 nitrogen and oxygen atoms in total. The second-order valence-corrected chi connectivity index (χ2v) is 2.90. The Bertz CT molecular complexity index is 378. The van der Waals surface area contributed by atoms with E-state index in [0.29, 0.717) is 19.2 Å². The maximum atomic E-state index is 5.34. The number of nitrogens with zero attached hydrogens (tertiary/aromatic N) is 1. The van der Waals surface area contributed by atoms with Crippen LogP contribution in [0.3, 0.4) is 0 Å². The predicted molar refractivity (Wildman–Crippen MR) is 53.5 cm³/mol. The summed E-state index contributed by atoms with van der Waals surface area (Å²) in [5.74, 6) is 0. The van der Waals surface area contributed by atoms with Gasteiger partial charge in [-0.05, 0) is 12.1 Å². The van der Waals surface area contributed by atoms with Gasteiger partial charge in [-0.3, -0.25) is 0 Å². The van der Waals surface area contributed by atoms with Crippen molar-refractivity contribution in [2.75, 3.05) is 20.3 Å². The van der Waals surface area contributed by atoms with Crippen molar-refractivity contribution >= 4 is 11.0 Å². The van der Waals surface area contributed by atoms with Crippen LogP contribution < -0.4 is 4.74 Å². The molecule has 0 saturated carbocycles. The third-order valence-corrected chi connectivity index (χ3v) is 1.89. The lowest BCUT2D eigenvalue weighted by Gasteiger charge is -1.99. The first kappa shape index (κ1) is 9.02. The summed E-state index contributed by atoms with van der Waals surface area (Å²) in [6.07, 6.45) is 0. The number of aromatic nitrogens is 2. The van der Waals surface area contributed by atoms with Gasteiger partial charge in [0.05, 0.1) is 17.6 Å².